The van der Waals surface area contributed by atoms with Crippen molar-refractivity contribution in [3.63, 3.8) is 0 Å². The summed E-state index contributed by atoms with van der Waals surface area (Å²) in [6.45, 7) is 1.83. The summed E-state index contributed by atoms with van der Waals surface area (Å²) in [5.41, 5.74) is 1.36. The highest BCUT2D eigenvalue weighted by molar-refractivity contribution is 6.30. The predicted molar refractivity (Wildman–Crippen MR) is 112 cm³/mol. The molecular formula is C22H21ClN4O3. The van der Waals surface area contributed by atoms with Gasteiger partial charge in [-0.25, -0.2) is 0 Å². The van der Waals surface area contributed by atoms with Crippen molar-refractivity contribution in [2.24, 2.45) is 5.92 Å². The third-order valence-corrected chi connectivity index (χ3v) is 5.48. The molecule has 1 amide bonds. The van der Waals surface area contributed by atoms with Crippen LogP contribution in [0.1, 0.15) is 24.1 Å². The van der Waals surface area contributed by atoms with E-state index < -0.39 is 0 Å². The van der Waals surface area contributed by atoms with Crippen LogP contribution in [0.2, 0.25) is 5.02 Å². The summed E-state index contributed by atoms with van der Waals surface area (Å²) in [4.78, 5) is 18.7. The molecule has 154 valence electrons. The minimum atomic E-state index is -0.0514. The minimum Gasteiger partial charge on any atom is -0.459 e. The van der Waals surface area contributed by atoms with Crippen LogP contribution in [0.15, 0.2) is 51.5 Å². The Morgan fingerprint density at radius 2 is 2.03 bits per heavy atom. The van der Waals surface area contributed by atoms with Crippen LogP contribution < -0.4 is 10.2 Å². The van der Waals surface area contributed by atoms with Crippen molar-refractivity contribution in [2.45, 2.75) is 19.3 Å². The highest BCUT2D eigenvalue weighted by Crippen LogP contribution is 2.31. The Morgan fingerprint density at radius 3 is 2.70 bits per heavy atom. The largest absolute Gasteiger partial charge is 0.459 e. The van der Waals surface area contributed by atoms with Crippen molar-refractivity contribution in [3.05, 3.63) is 58.9 Å². The van der Waals surface area contributed by atoms with Crippen LogP contribution in [0.4, 0.5) is 5.88 Å². The van der Waals surface area contributed by atoms with Crippen molar-refractivity contribution < 1.29 is 13.6 Å². The Balaban J connectivity index is 1.30. The molecule has 0 saturated carbocycles. The van der Waals surface area contributed by atoms with E-state index in [0.717, 1.165) is 12.0 Å². The number of anilines is 1. The number of halogens is 1. The second kappa shape index (κ2) is 9.06. The molecule has 8 heteroatoms. The summed E-state index contributed by atoms with van der Waals surface area (Å²) < 4.78 is 11.1. The second-order valence-electron chi connectivity index (χ2n) is 7.19. The van der Waals surface area contributed by atoms with Gasteiger partial charge in [0.05, 0.1) is 6.26 Å². The predicted octanol–water partition coefficient (Wildman–Crippen LogP) is 4.03. The molecule has 7 nitrogen and oxygen atoms in total. The van der Waals surface area contributed by atoms with E-state index in [-0.39, 0.29) is 23.4 Å². The number of carbonyl (C=O) groups excluding carboxylic acids is 1. The van der Waals surface area contributed by atoms with E-state index in [2.05, 4.69) is 16.4 Å². The SMILES string of the molecule is N#Cc1nc(-c2ccco2)oc1N1CCC(C(=O)NCCc2ccc(Cl)cc2)CC1. The number of carbonyl (C=O) groups is 1. The Bertz CT molecular complexity index is 1030. The maximum absolute atomic E-state index is 12.5. The molecule has 0 atom stereocenters. The fourth-order valence-corrected chi connectivity index (χ4v) is 3.70. The smallest absolute Gasteiger partial charge is 0.266 e. The molecule has 1 N–H and O–H groups in total. The van der Waals surface area contributed by atoms with Crippen LogP contribution >= 0.6 is 11.6 Å². The highest BCUT2D eigenvalue weighted by Gasteiger charge is 2.29. The van der Waals surface area contributed by atoms with Gasteiger partial charge in [-0.15, -0.1) is 0 Å². The zero-order chi connectivity index (χ0) is 20.9. The Labute approximate surface area is 179 Å². The number of furan rings is 1. The van der Waals surface area contributed by atoms with Gasteiger partial charge in [-0.2, -0.15) is 10.2 Å². The average molecular weight is 425 g/mol. The zero-order valence-corrected chi connectivity index (χ0v) is 17.1. The Hall–Kier alpha value is -3.24. The van der Waals surface area contributed by atoms with E-state index in [0.29, 0.717) is 49.1 Å². The number of amides is 1. The molecule has 0 radical (unpaired) electrons. The minimum absolute atomic E-state index is 0.0514. The number of nitriles is 1. The molecule has 1 aromatic carbocycles. The van der Waals surface area contributed by atoms with Gasteiger partial charge in [0, 0.05) is 30.6 Å². The third-order valence-electron chi connectivity index (χ3n) is 5.23. The second-order valence-corrected chi connectivity index (χ2v) is 7.63. The number of aromatic nitrogens is 1. The summed E-state index contributed by atoms with van der Waals surface area (Å²) in [7, 11) is 0. The summed E-state index contributed by atoms with van der Waals surface area (Å²) in [5.74, 6) is 1.22. The fraction of sp³-hybridized carbons (Fsp3) is 0.318. The number of hydrogen-bond donors (Lipinski definition) is 1. The number of piperidine rings is 1. The van der Waals surface area contributed by atoms with Gasteiger partial charge in [0.1, 0.15) is 6.07 Å². The lowest BCUT2D eigenvalue weighted by Crippen LogP contribution is -2.41. The van der Waals surface area contributed by atoms with Crippen LogP contribution in [0.3, 0.4) is 0 Å². The van der Waals surface area contributed by atoms with Gasteiger partial charge in [0.15, 0.2) is 5.76 Å². The topological polar surface area (TPSA) is 95.3 Å². The van der Waals surface area contributed by atoms with Gasteiger partial charge in [-0.1, -0.05) is 23.7 Å². The molecule has 30 heavy (non-hydrogen) atoms. The van der Waals surface area contributed by atoms with E-state index >= 15 is 0 Å². The first-order valence-electron chi connectivity index (χ1n) is 9.86. The van der Waals surface area contributed by atoms with Crippen molar-refractivity contribution >= 4 is 23.4 Å². The van der Waals surface area contributed by atoms with Gasteiger partial charge >= 0.3 is 0 Å². The fourth-order valence-electron chi connectivity index (χ4n) is 3.58. The molecule has 0 bridgehead atoms. The van der Waals surface area contributed by atoms with Gasteiger partial charge < -0.3 is 19.1 Å². The standard InChI is InChI=1S/C22H21ClN4O3/c23-17-5-3-15(4-6-17)7-10-25-20(28)16-8-11-27(12-9-16)22-18(14-24)26-21(30-22)19-2-1-13-29-19/h1-6,13,16H,7-12H2,(H,25,28). The van der Waals surface area contributed by atoms with E-state index in [9.17, 15) is 10.1 Å². The molecule has 0 spiro atoms. The van der Waals surface area contributed by atoms with Gasteiger partial charge in [0.25, 0.3) is 5.89 Å². The molecular weight excluding hydrogens is 404 g/mol. The number of benzene rings is 1. The van der Waals surface area contributed by atoms with Crippen LogP contribution in [-0.4, -0.2) is 30.5 Å². The number of nitrogens with zero attached hydrogens (tertiary/aromatic N) is 3. The molecule has 3 aromatic rings. The first-order chi connectivity index (χ1) is 14.6. The number of nitrogens with one attached hydrogen (secondary N) is 1. The summed E-state index contributed by atoms with van der Waals surface area (Å²) in [5, 5.41) is 13.1. The molecule has 2 aromatic heterocycles. The summed E-state index contributed by atoms with van der Waals surface area (Å²) in [6, 6.07) is 13.2. The van der Waals surface area contributed by atoms with Crippen molar-refractivity contribution in [2.75, 3.05) is 24.5 Å². The normalized spacial score (nSPS) is 14.5. The molecule has 0 unspecified atom stereocenters. The molecule has 0 aliphatic carbocycles. The van der Waals surface area contributed by atoms with Gasteiger partial charge in [0.2, 0.25) is 17.5 Å². The van der Waals surface area contributed by atoms with Crippen molar-refractivity contribution in [3.8, 4) is 17.7 Å². The lowest BCUT2D eigenvalue weighted by Gasteiger charge is -2.30. The van der Waals surface area contributed by atoms with E-state index in [1.165, 1.54) is 6.26 Å². The van der Waals surface area contributed by atoms with Crippen LogP contribution in [0.25, 0.3) is 11.7 Å². The summed E-state index contributed by atoms with van der Waals surface area (Å²) >= 11 is 5.89. The lowest BCUT2D eigenvalue weighted by atomic mass is 9.96. The van der Waals surface area contributed by atoms with Crippen LogP contribution in [-0.2, 0) is 11.2 Å². The van der Waals surface area contributed by atoms with Crippen molar-refractivity contribution in [1.82, 2.24) is 10.3 Å². The monoisotopic (exact) mass is 424 g/mol. The first-order valence-corrected chi connectivity index (χ1v) is 10.2. The maximum Gasteiger partial charge on any atom is 0.266 e. The maximum atomic E-state index is 12.5. The number of hydrogen-bond acceptors (Lipinski definition) is 6. The quantitative estimate of drug-likeness (QED) is 0.641. The Kier molecular flexibility index (Phi) is 6.05. The molecule has 1 aliphatic rings. The van der Waals surface area contributed by atoms with Crippen LogP contribution in [0.5, 0.6) is 0 Å². The Morgan fingerprint density at radius 1 is 1.27 bits per heavy atom. The molecule has 3 heterocycles. The number of rotatable bonds is 6. The van der Waals surface area contributed by atoms with E-state index in [4.69, 9.17) is 20.4 Å². The third kappa shape index (κ3) is 4.50. The van der Waals surface area contributed by atoms with E-state index in [1.807, 2.05) is 29.2 Å². The van der Waals surface area contributed by atoms with Crippen molar-refractivity contribution in [1.29, 1.82) is 5.26 Å². The first kappa shape index (κ1) is 20.0. The average Bonchev–Trinajstić information content (AvgIpc) is 3.45. The molecule has 4 rings (SSSR count). The summed E-state index contributed by atoms with van der Waals surface area (Å²) in [6.07, 6.45) is 3.67. The highest BCUT2D eigenvalue weighted by atomic mass is 35.5. The zero-order valence-electron chi connectivity index (χ0n) is 16.3. The number of oxazole rings is 1. The lowest BCUT2D eigenvalue weighted by molar-refractivity contribution is -0.125. The van der Waals surface area contributed by atoms with Gasteiger partial charge in [-0.3, -0.25) is 4.79 Å². The van der Waals surface area contributed by atoms with Gasteiger partial charge in [-0.05, 0) is 49.1 Å². The van der Waals surface area contributed by atoms with E-state index in [1.54, 1.807) is 12.1 Å². The molecule has 1 saturated heterocycles. The van der Waals surface area contributed by atoms with Crippen LogP contribution in [0, 0.1) is 17.2 Å². The molecule has 1 aliphatic heterocycles. The molecule has 1 fully saturated rings.